The van der Waals surface area contributed by atoms with Crippen molar-refractivity contribution in [3.05, 3.63) is 101 Å². The van der Waals surface area contributed by atoms with Crippen LogP contribution < -0.4 is 0 Å². The van der Waals surface area contributed by atoms with E-state index in [1.54, 1.807) is 12.1 Å². The Morgan fingerprint density at radius 2 is 1.59 bits per heavy atom. The predicted octanol–water partition coefficient (Wildman–Crippen LogP) is 5.55. The number of rotatable bonds is 9. The van der Waals surface area contributed by atoms with Crippen LogP contribution in [0.3, 0.4) is 0 Å². The second kappa shape index (κ2) is 12.9. The van der Waals surface area contributed by atoms with Crippen molar-refractivity contribution in [2.45, 2.75) is 70.2 Å². The number of carbonyl (C=O) groups is 2. The number of carboxylic acid groups (broad SMARTS) is 1. The van der Waals surface area contributed by atoms with E-state index >= 15 is 0 Å². The summed E-state index contributed by atoms with van der Waals surface area (Å²) in [5.74, 6) is -0.976. The van der Waals surface area contributed by atoms with Gasteiger partial charge in [-0.3, -0.25) is 14.6 Å². The third kappa shape index (κ3) is 6.31. The largest absolute Gasteiger partial charge is 0.508 e. The van der Waals surface area contributed by atoms with E-state index in [1.807, 2.05) is 36.4 Å². The lowest BCUT2D eigenvalue weighted by atomic mass is 9.90. The van der Waals surface area contributed by atoms with Gasteiger partial charge in [0.1, 0.15) is 11.8 Å². The molecule has 2 fully saturated rings. The topological polar surface area (TPSA) is 84.3 Å². The molecule has 2 saturated heterocycles. The highest BCUT2D eigenvalue weighted by atomic mass is 16.4. The van der Waals surface area contributed by atoms with Crippen LogP contribution in [0.1, 0.15) is 72.6 Å². The molecule has 2 heterocycles. The first-order chi connectivity index (χ1) is 19.9. The van der Waals surface area contributed by atoms with Gasteiger partial charge in [0.25, 0.3) is 5.91 Å². The number of hydrogen-bond acceptors (Lipinski definition) is 5. The number of phenolic OH excluding ortho intramolecular Hbond substituents is 1. The first-order valence-electron chi connectivity index (χ1n) is 14.9. The molecule has 0 aliphatic carbocycles. The maximum absolute atomic E-state index is 13.5. The molecular weight excluding hydrogens is 514 g/mol. The Morgan fingerprint density at radius 3 is 2.27 bits per heavy atom. The van der Waals surface area contributed by atoms with Gasteiger partial charge in [0.15, 0.2) is 0 Å². The highest BCUT2D eigenvalue weighted by Crippen LogP contribution is 2.37. The molecule has 2 N–H and O–H groups in total. The molecule has 7 nitrogen and oxygen atoms in total. The zero-order valence-corrected chi connectivity index (χ0v) is 24.0. The number of carboxylic acids is 1. The minimum atomic E-state index is -0.950. The van der Waals surface area contributed by atoms with Gasteiger partial charge < -0.3 is 15.1 Å². The van der Waals surface area contributed by atoms with Crippen molar-refractivity contribution in [2.75, 3.05) is 19.6 Å². The Morgan fingerprint density at radius 1 is 0.878 bits per heavy atom. The van der Waals surface area contributed by atoms with Gasteiger partial charge in [-0.25, -0.2) is 4.79 Å². The smallest absolute Gasteiger partial charge is 0.326 e. The monoisotopic (exact) mass is 555 g/mol. The number of aromatic hydroxyl groups is 1. The standard InChI is InChI=1S/C34H41N3O4/c1-3-28-23-37(29(4-2)22-35(28)21-24-11-6-5-7-12-24)32(26-14-9-16-30(38)20-26)25-13-8-15-27(19-25)33(39)36-18-10-17-31(36)34(40)41/h5-9,11-16,19-20,28-29,31-32,38H,3-4,10,17-18,21-23H2,1-2H3,(H,40,41)/t28-,29-,31?,32?/m1/s1. The molecule has 2 aliphatic heterocycles. The molecule has 5 rings (SSSR count). The molecule has 3 aromatic rings. The number of nitrogens with zero attached hydrogens (tertiary/aromatic N) is 3. The lowest BCUT2D eigenvalue weighted by Crippen LogP contribution is -2.58. The van der Waals surface area contributed by atoms with E-state index < -0.39 is 12.0 Å². The van der Waals surface area contributed by atoms with E-state index in [9.17, 15) is 19.8 Å². The molecule has 2 unspecified atom stereocenters. The Kier molecular flexibility index (Phi) is 9.06. The number of carbonyl (C=O) groups excluding carboxylic acids is 1. The molecule has 41 heavy (non-hydrogen) atoms. The molecule has 1 amide bonds. The van der Waals surface area contributed by atoms with Gasteiger partial charge in [-0.2, -0.15) is 0 Å². The summed E-state index contributed by atoms with van der Waals surface area (Å²) in [6.45, 7) is 7.61. The summed E-state index contributed by atoms with van der Waals surface area (Å²) < 4.78 is 0. The fraction of sp³-hybridized carbons (Fsp3) is 0.412. The molecule has 7 heteroatoms. The van der Waals surface area contributed by atoms with E-state index in [0.29, 0.717) is 31.0 Å². The number of phenols is 1. The minimum absolute atomic E-state index is 0.165. The number of aliphatic carboxylic acids is 1. The second-order valence-corrected chi connectivity index (χ2v) is 11.4. The number of piperazine rings is 1. The predicted molar refractivity (Wildman–Crippen MR) is 160 cm³/mol. The lowest BCUT2D eigenvalue weighted by Gasteiger charge is -2.49. The van der Waals surface area contributed by atoms with Crippen molar-refractivity contribution in [1.82, 2.24) is 14.7 Å². The summed E-state index contributed by atoms with van der Waals surface area (Å²) in [6, 6.07) is 25.4. The van der Waals surface area contributed by atoms with Crippen molar-refractivity contribution in [2.24, 2.45) is 0 Å². The summed E-state index contributed by atoms with van der Waals surface area (Å²) in [6.07, 6.45) is 3.15. The fourth-order valence-corrected chi connectivity index (χ4v) is 6.66. The Balaban J connectivity index is 1.50. The molecule has 0 radical (unpaired) electrons. The SMILES string of the molecule is CC[C@@H]1CN(C(c2cccc(O)c2)c2cccc(C(=O)N3CCCC3C(=O)O)c2)[C@H](CC)CN1Cc1ccccc1. The number of likely N-dealkylation sites (tertiary alicyclic amines) is 1. The van der Waals surface area contributed by atoms with Crippen molar-refractivity contribution in [3.8, 4) is 5.75 Å². The molecule has 0 aromatic heterocycles. The molecule has 216 valence electrons. The van der Waals surface area contributed by atoms with Crippen molar-refractivity contribution < 1.29 is 19.8 Å². The molecule has 0 saturated carbocycles. The minimum Gasteiger partial charge on any atom is -0.508 e. The van der Waals surface area contributed by atoms with Crippen molar-refractivity contribution in [1.29, 1.82) is 0 Å². The van der Waals surface area contributed by atoms with Crippen LogP contribution in [0.5, 0.6) is 5.75 Å². The molecule has 0 bridgehead atoms. The zero-order chi connectivity index (χ0) is 28.9. The van der Waals surface area contributed by atoms with Gasteiger partial charge in [-0.05, 0) is 66.6 Å². The maximum Gasteiger partial charge on any atom is 0.326 e. The van der Waals surface area contributed by atoms with Crippen LogP contribution in [0.2, 0.25) is 0 Å². The van der Waals surface area contributed by atoms with E-state index in [2.05, 4.69) is 54.0 Å². The van der Waals surface area contributed by atoms with Gasteiger partial charge in [0.2, 0.25) is 0 Å². The summed E-state index contributed by atoms with van der Waals surface area (Å²) in [5, 5.41) is 20.1. The Hall–Kier alpha value is -3.68. The van der Waals surface area contributed by atoms with Crippen LogP contribution in [-0.2, 0) is 11.3 Å². The van der Waals surface area contributed by atoms with Gasteiger partial charge in [-0.15, -0.1) is 0 Å². The zero-order valence-electron chi connectivity index (χ0n) is 24.0. The van der Waals surface area contributed by atoms with E-state index in [4.69, 9.17) is 0 Å². The Labute approximate surface area is 243 Å². The van der Waals surface area contributed by atoms with Crippen LogP contribution in [0.25, 0.3) is 0 Å². The molecule has 0 spiro atoms. The quantitative estimate of drug-likeness (QED) is 0.360. The third-order valence-corrected chi connectivity index (χ3v) is 8.79. The number of hydrogen-bond donors (Lipinski definition) is 2. The summed E-state index contributed by atoms with van der Waals surface area (Å²) in [4.78, 5) is 32.0. The summed E-state index contributed by atoms with van der Waals surface area (Å²) in [7, 11) is 0. The van der Waals surface area contributed by atoms with Gasteiger partial charge >= 0.3 is 5.97 Å². The molecule has 2 aliphatic rings. The van der Waals surface area contributed by atoms with Gasteiger partial charge in [0, 0.05) is 43.8 Å². The third-order valence-electron chi connectivity index (χ3n) is 8.79. The average Bonchev–Trinajstić information content (AvgIpc) is 3.49. The van der Waals surface area contributed by atoms with Crippen LogP contribution in [0.15, 0.2) is 78.9 Å². The first-order valence-corrected chi connectivity index (χ1v) is 14.9. The second-order valence-electron chi connectivity index (χ2n) is 11.4. The van der Waals surface area contributed by atoms with Gasteiger partial charge in [-0.1, -0.05) is 68.4 Å². The van der Waals surface area contributed by atoms with Crippen LogP contribution in [0.4, 0.5) is 0 Å². The van der Waals surface area contributed by atoms with E-state index in [1.165, 1.54) is 10.5 Å². The fourth-order valence-electron chi connectivity index (χ4n) is 6.66. The highest BCUT2D eigenvalue weighted by molar-refractivity contribution is 5.97. The van der Waals surface area contributed by atoms with Crippen LogP contribution in [-0.4, -0.2) is 74.5 Å². The summed E-state index contributed by atoms with van der Waals surface area (Å²) in [5.41, 5.74) is 3.76. The van der Waals surface area contributed by atoms with Crippen LogP contribution >= 0.6 is 0 Å². The molecular formula is C34H41N3O4. The average molecular weight is 556 g/mol. The molecule has 3 aromatic carbocycles. The Bertz CT molecular complexity index is 1350. The highest BCUT2D eigenvalue weighted by Gasteiger charge is 2.38. The normalized spacial score (nSPS) is 22.5. The number of amides is 1. The number of benzene rings is 3. The van der Waals surface area contributed by atoms with Crippen molar-refractivity contribution in [3.63, 3.8) is 0 Å². The summed E-state index contributed by atoms with van der Waals surface area (Å²) >= 11 is 0. The van der Waals surface area contributed by atoms with Gasteiger partial charge in [0.05, 0.1) is 6.04 Å². The van der Waals surface area contributed by atoms with E-state index in [0.717, 1.165) is 43.6 Å². The van der Waals surface area contributed by atoms with Crippen LogP contribution in [0, 0.1) is 0 Å². The van der Waals surface area contributed by atoms with Crippen molar-refractivity contribution >= 4 is 11.9 Å². The lowest BCUT2D eigenvalue weighted by molar-refractivity contribution is -0.141. The van der Waals surface area contributed by atoms with E-state index in [-0.39, 0.29) is 23.7 Å². The molecule has 4 atom stereocenters. The first kappa shape index (κ1) is 28.8. The maximum atomic E-state index is 13.5.